The molecule has 2 rings (SSSR count). The number of halogens is 1. The smallest absolute Gasteiger partial charge is 0.423 e. The lowest BCUT2D eigenvalue weighted by Crippen LogP contribution is -2.28. The van der Waals surface area contributed by atoms with Crippen molar-refractivity contribution in [2.24, 2.45) is 0 Å². The minimum Gasteiger partial charge on any atom is -0.423 e. The molecule has 0 saturated carbocycles. The molecule has 14 heavy (non-hydrogen) atoms. The van der Waals surface area contributed by atoms with Gasteiger partial charge in [-0.05, 0) is 18.6 Å². The van der Waals surface area contributed by atoms with E-state index < -0.39 is 7.12 Å². The average molecular weight is 227 g/mol. The monoisotopic (exact) mass is 227 g/mol. The molecule has 0 aliphatic carbocycles. The second kappa shape index (κ2) is 3.51. The van der Waals surface area contributed by atoms with E-state index in [-0.39, 0.29) is 0 Å². The molecule has 3 nitrogen and oxygen atoms in total. The fraction of sp³-hybridized carbons (Fsp3) is 0.125. The second-order valence-corrected chi connectivity index (χ2v) is 4.38. The van der Waals surface area contributed by atoms with E-state index in [0.717, 1.165) is 15.6 Å². The Bertz CT molecular complexity index is 485. The topological polar surface area (TPSA) is 53.4 Å². The zero-order valence-corrected chi connectivity index (χ0v) is 8.93. The molecule has 0 bridgehead atoms. The first-order chi connectivity index (χ1) is 6.61. The number of aromatic nitrogens is 1. The number of nitrogens with zero attached hydrogens (tertiary/aromatic N) is 1. The van der Waals surface area contributed by atoms with Crippen molar-refractivity contribution in [3.8, 4) is 0 Å². The fourth-order valence-corrected chi connectivity index (χ4v) is 2.84. The van der Waals surface area contributed by atoms with Crippen molar-refractivity contribution < 1.29 is 10.0 Å². The van der Waals surface area contributed by atoms with Crippen LogP contribution in [0, 0.1) is 6.92 Å². The van der Waals surface area contributed by atoms with Gasteiger partial charge in [-0.15, -0.1) is 11.3 Å². The van der Waals surface area contributed by atoms with Gasteiger partial charge in [0.25, 0.3) is 0 Å². The van der Waals surface area contributed by atoms with Crippen molar-refractivity contribution in [1.82, 2.24) is 4.98 Å². The van der Waals surface area contributed by atoms with Crippen LogP contribution < -0.4 is 4.78 Å². The summed E-state index contributed by atoms with van der Waals surface area (Å²) in [4.78, 5) is 3.95. The fourth-order valence-electron chi connectivity index (χ4n) is 1.41. The Morgan fingerprint density at radius 3 is 2.79 bits per heavy atom. The van der Waals surface area contributed by atoms with Gasteiger partial charge in [-0.25, -0.2) is 4.98 Å². The molecule has 2 aromatic heterocycles. The van der Waals surface area contributed by atoms with Crippen molar-refractivity contribution in [3.63, 3.8) is 0 Å². The van der Waals surface area contributed by atoms with E-state index in [1.165, 1.54) is 11.3 Å². The van der Waals surface area contributed by atoms with E-state index >= 15 is 0 Å². The lowest BCUT2D eigenvalue weighted by Gasteiger charge is -1.96. The minimum atomic E-state index is -1.44. The Morgan fingerprint density at radius 2 is 2.21 bits per heavy atom. The second-order valence-electron chi connectivity index (χ2n) is 2.94. The highest BCUT2D eigenvalue weighted by molar-refractivity contribution is 7.28. The molecule has 0 aliphatic heterocycles. The molecule has 6 heteroatoms. The molecule has 2 aromatic rings. The maximum atomic E-state index is 9.10. The minimum absolute atomic E-state index is 0.406. The molecule has 0 fully saturated rings. The SMILES string of the molecule is Cc1c(B(O)O)sc2ccnc(Cl)c12. The van der Waals surface area contributed by atoms with Crippen LogP contribution in [0.2, 0.25) is 5.15 Å². The summed E-state index contributed by atoms with van der Waals surface area (Å²) in [6.07, 6.45) is 1.61. The van der Waals surface area contributed by atoms with Gasteiger partial charge >= 0.3 is 7.12 Å². The third-order valence-corrected chi connectivity index (χ3v) is 3.65. The largest absolute Gasteiger partial charge is 0.499 e. The van der Waals surface area contributed by atoms with Gasteiger partial charge in [0.1, 0.15) is 5.15 Å². The Kier molecular flexibility index (Phi) is 2.49. The maximum absolute atomic E-state index is 9.10. The van der Waals surface area contributed by atoms with Crippen LogP contribution in [0.5, 0.6) is 0 Å². The van der Waals surface area contributed by atoms with Gasteiger partial charge in [0, 0.05) is 21.1 Å². The van der Waals surface area contributed by atoms with Gasteiger partial charge in [-0.2, -0.15) is 0 Å². The van der Waals surface area contributed by atoms with E-state index in [9.17, 15) is 0 Å². The number of hydrogen-bond acceptors (Lipinski definition) is 4. The van der Waals surface area contributed by atoms with E-state index in [0.29, 0.717) is 9.93 Å². The van der Waals surface area contributed by atoms with Gasteiger partial charge in [-0.1, -0.05) is 11.6 Å². The summed E-state index contributed by atoms with van der Waals surface area (Å²) in [5.41, 5.74) is 0.790. The number of rotatable bonds is 1. The van der Waals surface area contributed by atoms with Gasteiger partial charge in [0.2, 0.25) is 0 Å². The van der Waals surface area contributed by atoms with Crippen LogP contribution in [-0.2, 0) is 0 Å². The Balaban J connectivity index is 2.81. The summed E-state index contributed by atoms with van der Waals surface area (Å²) in [7, 11) is -1.44. The predicted octanol–water partition coefficient (Wildman–Crippen LogP) is 0.938. The Labute approximate surface area is 90.1 Å². The molecule has 0 aromatic carbocycles. The van der Waals surface area contributed by atoms with Crippen LogP contribution in [0.4, 0.5) is 0 Å². The summed E-state index contributed by atoms with van der Waals surface area (Å²) < 4.78 is 1.44. The molecule has 2 N–H and O–H groups in total. The molecule has 0 amide bonds. The lowest BCUT2D eigenvalue weighted by atomic mass is 9.86. The first-order valence-electron chi connectivity index (χ1n) is 4.01. The van der Waals surface area contributed by atoms with E-state index in [2.05, 4.69) is 4.98 Å². The van der Waals surface area contributed by atoms with Gasteiger partial charge in [0.15, 0.2) is 0 Å². The normalized spacial score (nSPS) is 10.9. The Morgan fingerprint density at radius 1 is 1.50 bits per heavy atom. The van der Waals surface area contributed by atoms with Gasteiger partial charge in [-0.3, -0.25) is 0 Å². The first-order valence-corrected chi connectivity index (χ1v) is 5.20. The van der Waals surface area contributed by atoms with Crippen molar-refractivity contribution in [3.05, 3.63) is 23.0 Å². The molecule has 0 aliphatic rings. The summed E-state index contributed by atoms with van der Waals surface area (Å²) in [6.45, 7) is 1.81. The number of thiophene rings is 1. The third-order valence-electron chi connectivity index (χ3n) is 2.07. The maximum Gasteiger partial charge on any atom is 0.499 e. The van der Waals surface area contributed by atoms with E-state index in [1.807, 2.05) is 6.07 Å². The van der Waals surface area contributed by atoms with Gasteiger partial charge < -0.3 is 10.0 Å². The average Bonchev–Trinajstić information content (AvgIpc) is 2.45. The van der Waals surface area contributed by atoms with Crippen LogP contribution in [0.1, 0.15) is 5.56 Å². The highest BCUT2D eigenvalue weighted by Crippen LogP contribution is 2.28. The van der Waals surface area contributed by atoms with Crippen molar-refractivity contribution in [2.45, 2.75) is 6.92 Å². The summed E-state index contributed by atoms with van der Waals surface area (Å²) in [5.74, 6) is 0. The molecule has 0 spiro atoms. The predicted molar refractivity (Wildman–Crippen MR) is 59.2 cm³/mol. The van der Waals surface area contributed by atoms with Crippen molar-refractivity contribution in [2.75, 3.05) is 0 Å². The van der Waals surface area contributed by atoms with Crippen LogP contribution in [0.15, 0.2) is 12.3 Å². The quantitative estimate of drug-likeness (QED) is 0.563. The number of hydrogen-bond donors (Lipinski definition) is 2. The summed E-state index contributed by atoms with van der Waals surface area (Å²) in [5, 5.41) is 19.4. The number of aryl methyl sites for hydroxylation is 1. The van der Waals surface area contributed by atoms with E-state index in [1.54, 1.807) is 13.1 Å². The Hall–Kier alpha value is -0.615. The molecule has 0 radical (unpaired) electrons. The number of fused-ring (bicyclic) bond motifs is 1. The third kappa shape index (κ3) is 1.42. The van der Waals surface area contributed by atoms with Crippen LogP contribution in [-0.4, -0.2) is 22.2 Å². The van der Waals surface area contributed by atoms with Crippen molar-refractivity contribution >= 4 is 44.9 Å². The first kappa shape index (κ1) is 9.92. The molecule has 0 atom stereocenters. The molecule has 0 saturated heterocycles. The van der Waals surface area contributed by atoms with Crippen molar-refractivity contribution in [1.29, 1.82) is 0 Å². The molecule has 0 unspecified atom stereocenters. The number of pyridine rings is 1. The van der Waals surface area contributed by atoms with Crippen LogP contribution >= 0.6 is 22.9 Å². The van der Waals surface area contributed by atoms with Crippen LogP contribution in [0.25, 0.3) is 10.1 Å². The summed E-state index contributed by atoms with van der Waals surface area (Å²) in [6, 6.07) is 1.81. The highest BCUT2D eigenvalue weighted by Gasteiger charge is 2.20. The molecular formula is C8H7BClNO2S. The van der Waals surface area contributed by atoms with Crippen LogP contribution in [0.3, 0.4) is 0 Å². The molecule has 2 heterocycles. The van der Waals surface area contributed by atoms with Gasteiger partial charge in [0.05, 0.1) is 0 Å². The standard InChI is InChI=1S/C8H7BClNO2S/c1-4-6-5(2-3-11-8(6)10)14-7(4)9(12)13/h2-3,12-13H,1H3. The zero-order chi connectivity index (χ0) is 10.3. The lowest BCUT2D eigenvalue weighted by molar-refractivity contribution is 0.426. The molecule has 72 valence electrons. The summed E-state index contributed by atoms with van der Waals surface area (Å²) >= 11 is 7.23. The molecular weight excluding hydrogens is 220 g/mol. The zero-order valence-electron chi connectivity index (χ0n) is 7.36. The van der Waals surface area contributed by atoms with E-state index in [4.69, 9.17) is 21.6 Å². The highest BCUT2D eigenvalue weighted by atomic mass is 35.5.